The largest absolute Gasteiger partial charge is 0.396 e. The third-order valence-electron chi connectivity index (χ3n) is 5.81. The van der Waals surface area contributed by atoms with Gasteiger partial charge in [-0.15, -0.1) is 0 Å². The van der Waals surface area contributed by atoms with Crippen molar-refractivity contribution in [1.82, 2.24) is 15.4 Å². The third-order valence-corrected chi connectivity index (χ3v) is 5.81. The minimum atomic E-state index is -0.546. The molecule has 30 heavy (non-hydrogen) atoms. The van der Waals surface area contributed by atoms with Gasteiger partial charge in [0.1, 0.15) is 0 Å². The van der Waals surface area contributed by atoms with E-state index in [1.54, 1.807) is 30.0 Å². The number of anilines is 1. The smallest absolute Gasteiger partial charge is 0.275 e. The fourth-order valence-electron chi connectivity index (χ4n) is 4.14. The Morgan fingerprint density at radius 1 is 1.17 bits per heavy atom. The summed E-state index contributed by atoms with van der Waals surface area (Å²) in [5.74, 6) is -0.289. The van der Waals surface area contributed by atoms with E-state index < -0.39 is 5.91 Å². The second-order valence-electron chi connectivity index (χ2n) is 7.68. The highest BCUT2D eigenvalue weighted by molar-refractivity contribution is 6.05. The van der Waals surface area contributed by atoms with Crippen molar-refractivity contribution in [2.24, 2.45) is 0 Å². The summed E-state index contributed by atoms with van der Waals surface area (Å²) < 4.78 is 0. The van der Waals surface area contributed by atoms with Gasteiger partial charge >= 0.3 is 0 Å². The highest BCUT2D eigenvalue weighted by Gasteiger charge is 2.24. The van der Waals surface area contributed by atoms with Crippen LogP contribution < -0.4 is 10.4 Å². The van der Waals surface area contributed by atoms with E-state index in [1.165, 1.54) is 11.3 Å². The van der Waals surface area contributed by atoms with E-state index in [-0.39, 0.29) is 12.5 Å². The highest BCUT2D eigenvalue weighted by Crippen LogP contribution is 2.31. The van der Waals surface area contributed by atoms with E-state index in [0.29, 0.717) is 16.5 Å². The molecule has 0 radical (unpaired) electrons. The Hall–Kier alpha value is -3.03. The lowest BCUT2D eigenvalue weighted by molar-refractivity contribution is 0.0708. The average molecular weight is 406 g/mol. The number of hydrogen-bond donors (Lipinski definition) is 3. The Labute approximate surface area is 175 Å². The number of hydroxylamine groups is 1. The lowest BCUT2D eigenvalue weighted by Gasteiger charge is -2.33. The van der Waals surface area contributed by atoms with Crippen molar-refractivity contribution in [1.29, 1.82) is 0 Å². The third kappa shape index (κ3) is 4.27. The second-order valence-corrected chi connectivity index (χ2v) is 7.68. The first-order valence-electron chi connectivity index (χ1n) is 10.3. The minimum absolute atomic E-state index is 0.219. The molecule has 7 heteroatoms. The summed E-state index contributed by atoms with van der Waals surface area (Å²) in [6.07, 6.45) is 6.82. The standard InChI is InChI=1S/C23H26N4O3/c28-13-1-2-16-3-5-18(6-4-16)27-11-8-17(9-12-27)22-14-19(23(29)26-30)20-15-24-10-7-21(20)25-22/h3-7,10,14-15,17,28,30H,1-2,8-9,11-13H2,(H,26,29). The van der Waals surface area contributed by atoms with Crippen molar-refractivity contribution in [2.75, 3.05) is 24.6 Å². The fourth-order valence-corrected chi connectivity index (χ4v) is 4.14. The second kappa shape index (κ2) is 9.19. The van der Waals surface area contributed by atoms with Gasteiger partial charge in [0.2, 0.25) is 0 Å². The molecule has 0 atom stereocenters. The molecule has 3 aromatic rings. The molecule has 1 amide bonds. The Morgan fingerprint density at radius 3 is 2.63 bits per heavy atom. The molecule has 2 aromatic heterocycles. The summed E-state index contributed by atoms with van der Waals surface area (Å²) in [5, 5.41) is 18.7. The van der Waals surface area contributed by atoms with Gasteiger partial charge in [0.25, 0.3) is 5.91 Å². The quantitative estimate of drug-likeness (QED) is 0.430. The van der Waals surface area contributed by atoms with Crippen LogP contribution in [-0.2, 0) is 6.42 Å². The number of pyridine rings is 2. The number of aliphatic hydroxyl groups is 1. The van der Waals surface area contributed by atoms with Crippen LogP contribution >= 0.6 is 0 Å². The molecule has 156 valence electrons. The van der Waals surface area contributed by atoms with Crippen LogP contribution in [0.25, 0.3) is 10.9 Å². The average Bonchev–Trinajstić information content (AvgIpc) is 2.82. The maximum Gasteiger partial charge on any atom is 0.275 e. The number of aryl methyl sites for hydroxylation is 1. The molecule has 0 unspecified atom stereocenters. The maximum absolute atomic E-state index is 12.2. The molecule has 0 spiro atoms. The molecule has 0 saturated carbocycles. The minimum Gasteiger partial charge on any atom is -0.396 e. The summed E-state index contributed by atoms with van der Waals surface area (Å²) in [4.78, 5) is 23.4. The molecule has 3 heterocycles. The molecule has 1 aliphatic heterocycles. The Balaban J connectivity index is 1.49. The molecular weight excluding hydrogens is 380 g/mol. The molecule has 0 bridgehead atoms. The van der Waals surface area contributed by atoms with Crippen molar-refractivity contribution >= 4 is 22.5 Å². The van der Waals surface area contributed by atoms with Crippen molar-refractivity contribution < 1.29 is 15.1 Å². The molecular formula is C23H26N4O3. The normalized spacial score (nSPS) is 14.8. The van der Waals surface area contributed by atoms with Crippen LogP contribution in [0.1, 0.15) is 46.8 Å². The van der Waals surface area contributed by atoms with Crippen molar-refractivity contribution in [2.45, 2.75) is 31.6 Å². The van der Waals surface area contributed by atoms with Crippen molar-refractivity contribution in [3.8, 4) is 0 Å². The first-order chi connectivity index (χ1) is 14.7. The van der Waals surface area contributed by atoms with Crippen LogP contribution in [0.2, 0.25) is 0 Å². The van der Waals surface area contributed by atoms with Crippen molar-refractivity contribution in [3.05, 3.63) is 65.6 Å². The highest BCUT2D eigenvalue weighted by atomic mass is 16.5. The van der Waals surface area contributed by atoms with E-state index in [0.717, 1.165) is 44.5 Å². The van der Waals surface area contributed by atoms with Gasteiger partial charge < -0.3 is 10.0 Å². The van der Waals surface area contributed by atoms with Gasteiger partial charge in [-0.2, -0.15) is 0 Å². The first kappa shape index (κ1) is 20.3. The van der Waals surface area contributed by atoms with Crippen LogP contribution in [0.3, 0.4) is 0 Å². The van der Waals surface area contributed by atoms with Gasteiger partial charge in [-0.3, -0.25) is 20.0 Å². The summed E-state index contributed by atoms with van der Waals surface area (Å²) in [7, 11) is 0. The van der Waals surface area contributed by atoms with Gasteiger partial charge in [0, 0.05) is 54.8 Å². The number of benzene rings is 1. The number of nitrogens with zero attached hydrogens (tertiary/aromatic N) is 3. The van der Waals surface area contributed by atoms with Gasteiger partial charge in [0.05, 0.1) is 11.1 Å². The summed E-state index contributed by atoms with van der Waals surface area (Å²) in [6, 6.07) is 12.1. The lowest BCUT2D eigenvalue weighted by Crippen LogP contribution is -2.33. The molecule has 1 saturated heterocycles. The molecule has 4 rings (SSSR count). The van der Waals surface area contributed by atoms with E-state index in [9.17, 15) is 4.79 Å². The summed E-state index contributed by atoms with van der Waals surface area (Å²) in [6.45, 7) is 2.05. The number of carbonyl (C=O) groups is 1. The number of fused-ring (bicyclic) bond motifs is 1. The van der Waals surface area contributed by atoms with E-state index in [4.69, 9.17) is 15.3 Å². The number of amides is 1. The van der Waals surface area contributed by atoms with Gasteiger partial charge in [-0.1, -0.05) is 12.1 Å². The number of carbonyl (C=O) groups excluding carboxylic acids is 1. The monoisotopic (exact) mass is 406 g/mol. The molecule has 1 fully saturated rings. The molecule has 1 aromatic carbocycles. The molecule has 0 aliphatic carbocycles. The van der Waals surface area contributed by atoms with E-state index >= 15 is 0 Å². The Morgan fingerprint density at radius 2 is 1.93 bits per heavy atom. The van der Waals surface area contributed by atoms with Gasteiger partial charge in [-0.25, -0.2) is 5.48 Å². The fraction of sp³-hybridized carbons (Fsp3) is 0.348. The number of aromatic nitrogens is 2. The van der Waals surface area contributed by atoms with Crippen LogP contribution in [-0.4, -0.2) is 45.9 Å². The number of piperidine rings is 1. The Bertz CT molecular complexity index is 1010. The number of hydrogen-bond acceptors (Lipinski definition) is 6. The van der Waals surface area contributed by atoms with Crippen LogP contribution in [0.15, 0.2) is 48.8 Å². The van der Waals surface area contributed by atoms with E-state index in [2.05, 4.69) is 34.1 Å². The van der Waals surface area contributed by atoms with Crippen LogP contribution in [0.4, 0.5) is 5.69 Å². The molecule has 7 nitrogen and oxygen atoms in total. The molecule has 3 N–H and O–H groups in total. The molecule has 1 aliphatic rings. The predicted octanol–water partition coefficient (Wildman–Crippen LogP) is 3.06. The number of rotatable bonds is 6. The number of nitrogens with one attached hydrogen (secondary N) is 1. The topological polar surface area (TPSA) is 98.6 Å². The maximum atomic E-state index is 12.2. The zero-order chi connectivity index (χ0) is 20.9. The van der Waals surface area contributed by atoms with E-state index in [1.807, 2.05) is 0 Å². The first-order valence-corrected chi connectivity index (χ1v) is 10.3. The van der Waals surface area contributed by atoms with Crippen LogP contribution in [0.5, 0.6) is 0 Å². The van der Waals surface area contributed by atoms with Crippen LogP contribution in [0, 0.1) is 0 Å². The number of aliphatic hydroxyl groups excluding tert-OH is 1. The van der Waals surface area contributed by atoms with Crippen molar-refractivity contribution in [3.63, 3.8) is 0 Å². The van der Waals surface area contributed by atoms with Gasteiger partial charge in [0.15, 0.2) is 0 Å². The summed E-state index contributed by atoms with van der Waals surface area (Å²) >= 11 is 0. The lowest BCUT2D eigenvalue weighted by atomic mass is 9.91. The SMILES string of the molecule is O=C(NO)c1cc(C2CCN(c3ccc(CCCO)cc3)CC2)nc2ccncc12. The Kier molecular flexibility index (Phi) is 6.21. The van der Waals surface area contributed by atoms with Gasteiger partial charge in [-0.05, 0) is 55.5 Å². The zero-order valence-electron chi connectivity index (χ0n) is 16.8. The zero-order valence-corrected chi connectivity index (χ0v) is 16.8. The predicted molar refractivity (Wildman–Crippen MR) is 115 cm³/mol. The summed E-state index contributed by atoms with van der Waals surface area (Å²) in [5.41, 5.74) is 6.17.